The van der Waals surface area contributed by atoms with Crippen LogP contribution >= 0.6 is 24.0 Å². The first-order valence-corrected chi connectivity index (χ1v) is 9.15. The Morgan fingerprint density at radius 2 is 1.96 bits per heavy atom. The van der Waals surface area contributed by atoms with Crippen LogP contribution < -0.4 is 15.4 Å². The van der Waals surface area contributed by atoms with Gasteiger partial charge in [-0.25, -0.2) is 0 Å². The lowest BCUT2D eigenvalue weighted by Gasteiger charge is -2.15. The van der Waals surface area contributed by atoms with Gasteiger partial charge in [0.15, 0.2) is 11.7 Å². The molecule has 1 aromatic carbocycles. The molecule has 2 aromatic rings. The topological polar surface area (TPSA) is 71.7 Å². The van der Waals surface area contributed by atoms with Crippen molar-refractivity contribution >= 4 is 29.9 Å². The van der Waals surface area contributed by atoms with E-state index in [1.807, 2.05) is 6.07 Å². The first kappa shape index (κ1) is 23.3. The molecule has 0 radical (unpaired) electrons. The van der Waals surface area contributed by atoms with E-state index >= 15 is 0 Å². The van der Waals surface area contributed by atoms with Gasteiger partial charge in [0.05, 0.1) is 18.8 Å². The van der Waals surface area contributed by atoms with Crippen molar-refractivity contribution in [3.63, 3.8) is 0 Å². The molecule has 0 aliphatic heterocycles. The summed E-state index contributed by atoms with van der Waals surface area (Å²) in [6.07, 6.45) is 0.986. The van der Waals surface area contributed by atoms with Gasteiger partial charge in [-0.15, -0.1) is 24.0 Å². The maximum Gasteiger partial charge on any atom is 0.191 e. The number of ether oxygens (including phenoxy) is 1. The van der Waals surface area contributed by atoms with Gasteiger partial charge >= 0.3 is 0 Å². The highest BCUT2D eigenvalue weighted by Crippen LogP contribution is 2.20. The van der Waals surface area contributed by atoms with Crippen LogP contribution in [0.15, 0.2) is 33.8 Å². The maximum atomic E-state index is 5.86. The van der Waals surface area contributed by atoms with Crippen LogP contribution in [0.1, 0.15) is 55.7 Å². The van der Waals surface area contributed by atoms with Gasteiger partial charge in [-0.1, -0.05) is 38.1 Å². The number of hydrogen-bond donors (Lipinski definition) is 2. The van der Waals surface area contributed by atoms with E-state index in [-0.39, 0.29) is 24.0 Å². The fourth-order valence-electron chi connectivity index (χ4n) is 2.41. The smallest absolute Gasteiger partial charge is 0.191 e. The SMILES string of the molecule is CCCOc1cc(C)ccc1CNC(=NC)NCc1cc(C(C)C)no1.I. The number of halogens is 1. The number of benzene rings is 1. The summed E-state index contributed by atoms with van der Waals surface area (Å²) in [5.74, 6) is 2.77. The van der Waals surface area contributed by atoms with Crippen molar-refractivity contribution in [3.05, 3.63) is 46.8 Å². The second kappa shape index (κ2) is 11.8. The summed E-state index contributed by atoms with van der Waals surface area (Å²) >= 11 is 0. The highest BCUT2D eigenvalue weighted by Gasteiger charge is 2.09. The molecule has 0 spiro atoms. The Morgan fingerprint density at radius 1 is 1.22 bits per heavy atom. The Balaban J connectivity index is 0.00000364. The minimum atomic E-state index is 0. The summed E-state index contributed by atoms with van der Waals surface area (Å²) in [5, 5.41) is 10.6. The average molecular weight is 486 g/mol. The van der Waals surface area contributed by atoms with E-state index < -0.39 is 0 Å². The van der Waals surface area contributed by atoms with E-state index in [1.165, 1.54) is 5.56 Å². The normalized spacial score (nSPS) is 11.3. The number of guanidine groups is 1. The van der Waals surface area contributed by atoms with Gasteiger partial charge in [-0.05, 0) is 30.9 Å². The summed E-state index contributed by atoms with van der Waals surface area (Å²) in [6, 6.07) is 8.23. The molecule has 0 saturated heterocycles. The van der Waals surface area contributed by atoms with E-state index in [9.17, 15) is 0 Å². The molecular formula is C20H31IN4O2. The van der Waals surface area contributed by atoms with Gasteiger partial charge in [0.25, 0.3) is 0 Å². The molecule has 0 aliphatic carbocycles. The molecule has 0 fully saturated rings. The third-order valence-electron chi connectivity index (χ3n) is 3.95. The van der Waals surface area contributed by atoms with Crippen molar-refractivity contribution in [1.82, 2.24) is 15.8 Å². The van der Waals surface area contributed by atoms with Gasteiger partial charge in [-0.2, -0.15) is 0 Å². The monoisotopic (exact) mass is 486 g/mol. The molecule has 150 valence electrons. The third kappa shape index (κ3) is 7.40. The molecule has 0 atom stereocenters. The highest BCUT2D eigenvalue weighted by atomic mass is 127. The number of hydrogen-bond acceptors (Lipinski definition) is 4. The first-order valence-electron chi connectivity index (χ1n) is 9.15. The lowest BCUT2D eigenvalue weighted by molar-refractivity contribution is 0.313. The van der Waals surface area contributed by atoms with Crippen LogP contribution in [0.4, 0.5) is 0 Å². The minimum absolute atomic E-state index is 0. The van der Waals surface area contributed by atoms with E-state index in [4.69, 9.17) is 9.26 Å². The molecular weight excluding hydrogens is 455 g/mol. The van der Waals surface area contributed by atoms with Crippen LogP contribution in [0.2, 0.25) is 0 Å². The predicted octanol–water partition coefficient (Wildman–Crippen LogP) is 4.38. The Bertz CT molecular complexity index is 729. The Kier molecular flexibility index (Phi) is 10.2. The van der Waals surface area contributed by atoms with Crippen molar-refractivity contribution in [2.24, 2.45) is 4.99 Å². The van der Waals surface area contributed by atoms with Crippen molar-refractivity contribution in [3.8, 4) is 5.75 Å². The lowest BCUT2D eigenvalue weighted by Crippen LogP contribution is -2.36. The lowest BCUT2D eigenvalue weighted by atomic mass is 10.1. The summed E-state index contributed by atoms with van der Waals surface area (Å²) in [7, 11) is 1.75. The van der Waals surface area contributed by atoms with Crippen LogP contribution in [0, 0.1) is 6.92 Å². The largest absolute Gasteiger partial charge is 0.493 e. The maximum absolute atomic E-state index is 5.86. The van der Waals surface area contributed by atoms with Crippen LogP contribution in [-0.4, -0.2) is 24.8 Å². The zero-order chi connectivity index (χ0) is 18.9. The standard InChI is InChI=1S/C20H30N4O2.HI/c1-6-9-25-19-10-15(4)7-8-16(19)12-22-20(21-5)23-13-17-11-18(14(2)3)24-26-17;/h7-8,10-11,14H,6,9,12-13H2,1-5H3,(H2,21,22,23);1H. The van der Waals surface area contributed by atoms with Gasteiger partial charge in [0.1, 0.15) is 5.75 Å². The number of nitrogens with one attached hydrogen (secondary N) is 2. The second-order valence-electron chi connectivity index (χ2n) is 6.61. The Labute approximate surface area is 179 Å². The summed E-state index contributed by atoms with van der Waals surface area (Å²) < 4.78 is 11.2. The van der Waals surface area contributed by atoms with Crippen LogP contribution in [0.5, 0.6) is 5.75 Å². The predicted molar refractivity (Wildman–Crippen MR) is 120 cm³/mol. The highest BCUT2D eigenvalue weighted by molar-refractivity contribution is 14.0. The molecule has 2 rings (SSSR count). The molecule has 0 amide bonds. The second-order valence-corrected chi connectivity index (χ2v) is 6.61. The van der Waals surface area contributed by atoms with Crippen molar-refractivity contribution in [2.75, 3.05) is 13.7 Å². The van der Waals surface area contributed by atoms with Crippen LogP contribution in [-0.2, 0) is 13.1 Å². The van der Waals surface area contributed by atoms with Crippen molar-refractivity contribution in [2.45, 2.75) is 53.1 Å². The molecule has 2 N–H and O–H groups in total. The zero-order valence-electron chi connectivity index (χ0n) is 16.8. The molecule has 0 aliphatic rings. The summed E-state index contributed by atoms with van der Waals surface area (Å²) in [5.41, 5.74) is 3.25. The van der Waals surface area contributed by atoms with E-state index in [0.717, 1.165) is 29.2 Å². The van der Waals surface area contributed by atoms with Gasteiger partial charge in [-0.3, -0.25) is 4.99 Å². The zero-order valence-corrected chi connectivity index (χ0v) is 19.2. The molecule has 0 unspecified atom stereocenters. The summed E-state index contributed by atoms with van der Waals surface area (Å²) in [6.45, 7) is 10.2. The van der Waals surface area contributed by atoms with E-state index in [1.54, 1.807) is 7.05 Å². The molecule has 1 aromatic heterocycles. The third-order valence-corrected chi connectivity index (χ3v) is 3.95. The molecule has 0 bridgehead atoms. The molecule has 0 saturated carbocycles. The number of rotatable bonds is 8. The fraction of sp³-hybridized carbons (Fsp3) is 0.500. The molecule has 6 nitrogen and oxygen atoms in total. The van der Waals surface area contributed by atoms with Gasteiger partial charge < -0.3 is 19.9 Å². The van der Waals surface area contributed by atoms with Gasteiger partial charge in [0.2, 0.25) is 0 Å². The Morgan fingerprint density at radius 3 is 2.59 bits per heavy atom. The first-order chi connectivity index (χ1) is 12.5. The van der Waals surface area contributed by atoms with Crippen molar-refractivity contribution < 1.29 is 9.26 Å². The van der Waals surface area contributed by atoms with Crippen molar-refractivity contribution in [1.29, 1.82) is 0 Å². The number of aliphatic imine (C=N–C) groups is 1. The number of aryl methyl sites for hydroxylation is 1. The average Bonchev–Trinajstić information content (AvgIpc) is 3.10. The van der Waals surface area contributed by atoms with E-state index in [0.29, 0.717) is 31.6 Å². The Hall–Kier alpha value is -1.77. The van der Waals surface area contributed by atoms with Crippen LogP contribution in [0.25, 0.3) is 0 Å². The molecule has 7 heteroatoms. The number of aromatic nitrogens is 1. The van der Waals surface area contributed by atoms with Crippen LogP contribution in [0.3, 0.4) is 0 Å². The molecule has 1 heterocycles. The fourth-order valence-corrected chi connectivity index (χ4v) is 2.41. The molecule has 27 heavy (non-hydrogen) atoms. The quantitative estimate of drug-likeness (QED) is 0.329. The minimum Gasteiger partial charge on any atom is -0.493 e. The summed E-state index contributed by atoms with van der Waals surface area (Å²) in [4.78, 5) is 4.26. The van der Waals surface area contributed by atoms with E-state index in [2.05, 4.69) is 66.7 Å². The van der Waals surface area contributed by atoms with Gasteiger partial charge in [0, 0.05) is 25.2 Å². The number of nitrogens with zero attached hydrogens (tertiary/aromatic N) is 2.